The molecule has 2 heterocycles. The summed E-state index contributed by atoms with van der Waals surface area (Å²) < 4.78 is 2.10. The van der Waals surface area contributed by atoms with Crippen molar-refractivity contribution in [1.82, 2.24) is 9.88 Å². The van der Waals surface area contributed by atoms with Crippen molar-refractivity contribution in [1.29, 1.82) is 0 Å². The standard InChI is InChI=1S/C18H24N2O2S/c1-20-12-14(15-4-2-3-5-16(15)20)6-7-17(21)19-13-18(22)8-10-23-11-9-18/h2-5,12,22H,6-11,13H2,1H3,(H,19,21). The number of aryl methyl sites for hydroxylation is 2. The molecule has 1 aliphatic rings. The van der Waals surface area contributed by atoms with Crippen LogP contribution in [0.5, 0.6) is 0 Å². The van der Waals surface area contributed by atoms with E-state index in [9.17, 15) is 9.90 Å². The maximum Gasteiger partial charge on any atom is 0.220 e. The Morgan fingerprint density at radius 1 is 1.35 bits per heavy atom. The van der Waals surface area contributed by atoms with Crippen LogP contribution < -0.4 is 5.32 Å². The molecule has 1 amide bonds. The first kappa shape index (κ1) is 16.4. The van der Waals surface area contributed by atoms with Crippen LogP contribution in [0, 0.1) is 0 Å². The molecule has 1 aromatic heterocycles. The van der Waals surface area contributed by atoms with Gasteiger partial charge in [-0.05, 0) is 42.4 Å². The Labute approximate surface area is 141 Å². The van der Waals surface area contributed by atoms with Gasteiger partial charge in [0.2, 0.25) is 5.91 Å². The van der Waals surface area contributed by atoms with Gasteiger partial charge in [0.25, 0.3) is 0 Å². The number of para-hydroxylation sites is 1. The maximum atomic E-state index is 12.1. The number of hydrogen-bond donors (Lipinski definition) is 2. The predicted octanol–water partition coefficient (Wildman–Crippen LogP) is 2.49. The summed E-state index contributed by atoms with van der Waals surface area (Å²) >= 11 is 1.87. The number of aliphatic hydroxyl groups is 1. The average Bonchev–Trinajstić information content (AvgIpc) is 2.89. The highest BCUT2D eigenvalue weighted by atomic mass is 32.2. The zero-order valence-corrected chi connectivity index (χ0v) is 14.4. The third-order valence-electron chi connectivity index (χ3n) is 4.64. The highest BCUT2D eigenvalue weighted by Gasteiger charge is 2.29. The molecule has 4 nitrogen and oxygen atoms in total. The fraction of sp³-hybridized carbons (Fsp3) is 0.500. The molecular weight excluding hydrogens is 308 g/mol. The van der Waals surface area contributed by atoms with E-state index in [1.165, 1.54) is 16.5 Å². The van der Waals surface area contributed by atoms with E-state index in [4.69, 9.17) is 0 Å². The zero-order valence-electron chi connectivity index (χ0n) is 13.5. The summed E-state index contributed by atoms with van der Waals surface area (Å²) in [7, 11) is 2.03. The van der Waals surface area contributed by atoms with Crippen molar-refractivity contribution in [3.05, 3.63) is 36.0 Å². The molecule has 1 aliphatic heterocycles. The van der Waals surface area contributed by atoms with Crippen LogP contribution in [-0.2, 0) is 18.3 Å². The fourth-order valence-corrected chi connectivity index (χ4v) is 4.41. The number of carbonyl (C=O) groups is 1. The Bertz CT molecular complexity index is 689. The molecule has 1 aromatic carbocycles. The van der Waals surface area contributed by atoms with Gasteiger partial charge in [-0.25, -0.2) is 0 Å². The molecule has 0 atom stereocenters. The van der Waals surface area contributed by atoms with E-state index >= 15 is 0 Å². The summed E-state index contributed by atoms with van der Waals surface area (Å²) in [5.74, 6) is 1.97. The Kier molecular flexibility index (Phi) is 4.97. The first-order valence-corrected chi connectivity index (χ1v) is 9.33. The summed E-state index contributed by atoms with van der Waals surface area (Å²) in [5, 5.41) is 14.5. The molecule has 1 fully saturated rings. The Morgan fingerprint density at radius 2 is 2.09 bits per heavy atom. The molecule has 0 radical (unpaired) electrons. The molecule has 0 bridgehead atoms. The first-order valence-electron chi connectivity index (χ1n) is 8.17. The molecule has 5 heteroatoms. The lowest BCUT2D eigenvalue weighted by atomic mass is 9.97. The van der Waals surface area contributed by atoms with E-state index in [1.807, 2.05) is 30.9 Å². The summed E-state index contributed by atoms with van der Waals surface area (Å²) in [6.45, 7) is 0.377. The van der Waals surface area contributed by atoms with Crippen molar-refractivity contribution in [3.63, 3.8) is 0 Å². The minimum absolute atomic E-state index is 0.0181. The van der Waals surface area contributed by atoms with Crippen molar-refractivity contribution >= 4 is 28.6 Å². The van der Waals surface area contributed by atoms with Crippen LogP contribution in [0.25, 0.3) is 10.9 Å². The van der Waals surface area contributed by atoms with Gasteiger partial charge in [0.1, 0.15) is 0 Å². The lowest BCUT2D eigenvalue weighted by molar-refractivity contribution is -0.122. The van der Waals surface area contributed by atoms with Gasteiger partial charge in [-0.3, -0.25) is 4.79 Å². The van der Waals surface area contributed by atoms with Crippen LogP contribution in [0.4, 0.5) is 0 Å². The fourth-order valence-electron chi connectivity index (χ4n) is 3.15. The number of amides is 1. The number of aromatic nitrogens is 1. The van der Waals surface area contributed by atoms with Gasteiger partial charge in [0, 0.05) is 37.1 Å². The number of nitrogens with zero attached hydrogens (tertiary/aromatic N) is 1. The second-order valence-corrected chi connectivity index (χ2v) is 7.62. The smallest absolute Gasteiger partial charge is 0.220 e. The van der Waals surface area contributed by atoms with E-state index in [0.717, 1.165) is 30.8 Å². The number of rotatable bonds is 5. The Hall–Kier alpha value is -1.46. The molecule has 1 saturated heterocycles. The largest absolute Gasteiger partial charge is 0.388 e. The van der Waals surface area contributed by atoms with Crippen molar-refractivity contribution in [2.75, 3.05) is 18.1 Å². The van der Waals surface area contributed by atoms with Crippen molar-refractivity contribution in [3.8, 4) is 0 Å². The maximum absolute atomic E-state index is 12.1. The van der Waals surface area contributed by atoms with Crippen LogP contribution in [0.1, 0.15) is 24.8 Å². The summed E-state index contributed by atoms with van der Waals surface area (Å²) in [6, 6.07) is 8.25. The average molecular weight is 332 g/mol. The topological polar surface area (TPSA) is 54.3 Å². The van der Waals surface area contributed by atoms with E-state index in [1.54, 1.807) is 0 Å². The summed E-state index contributed by atoms with van der Waals surface area (Å²) in [4.78, 5) is 12.1. The van der Waals surface area contributed by atoms with Crippen LogP contribution in [0.15, 0.2) is 30.5 Å². The Balaban J connectivity index is 1.54. The lowest BCUT2D eigenvalue weighted by Gasteiger charge is -2.31. The molecule has 0 saturated carbocycles. The van der Waals surface area contributed by atoms with E-state index in [0.29, 0.717) is 13.0 Å². The van der Waals surface area contributed by atoms with Gasteiger partial charge in [0.05, 0.1) is 5.60 Å². The van der Waals surface area contributed by atoms with Gasteiger partial charge < -0.3 is 15.0 Å². The second kappa shape index (κ2) is 6.97. The summed E-state index contributed by atoms with van der Waals surface area (Å²) in [6.07, 6.45) is 4.81. The first-order chi connectivity index (χ1) is 11.1. The Morgan fingerprint density at radius 3 is 2.87 bits per heavy atom. The van der Waals surface area contributed by atoms with E-state index < -0.39 is 5.60 Å². The zero-order chi connectivity index (χ0) is 16.3. The van der Waals surface area contributed by atoms with Gasteiger partial charge in [-0.1, -0.05) is 18.2 Å². The molecule has 2 N–H and O–H groups in total. The number of carbonyl (C=O) groups excluding carboxylic acids is 1. The molecule has 3 rings (SSSR count). The minimum atomic E-state index is -0.708. The van der Waals surface area contributed by atoms with Gasteiger partial charge in [-0.15, -0.1) is 0 Å². The van der Waals surface area contributed by atoms with Crippen LogP contribution >= 0.6 is 11.8 Å². The highest BCUT2D eigenvalue weighted by Crippen LogP contribution is 2.26. The molecule has 23 heavy (non-hydrogen) atoms. The molecule has 2 aromatic rings. The van der Waals surface area contributed by atoms with Crippen molar-refractivity contribution < 1.29 is 9.90 Å². The number of hydrogen-bond acceptors (Lipinski definition) is 3. The minimum Gasteiger partial charge on any atom is -0.388 e. The molecule has 0 spiro atoms. The molecule has 0 unspecified atom stereocenters. The second-order valence-electron chi connectivity index (χ2n) is 6.40. The number of nitrogens with one attached hydrogen (secondary N) is 1. The summed E-state index contributed by atoms with van der Waals surface area (Å²) in [5.41, 5.74) is 1.68. The third kappa shape index (κ3) is 3.90. The normalized spacial score (nSPS) is 17.3. The van der Waals surface area contributed by atoms with Crippen LogP contribution in [-0.4, -0.2) is 39.2 Å². The number of benzene rings is 1. The molecule has 124 valence electrons. The SMILES string of the molecule is Cn1cc(CCC(=O)NCC2(O)CCSCC2)c2ccccc21. The van der Waals surface area contributed by atoms with E-state index in [-0.39, 0.29) is 5.91 Å². The third-order valence-corrected chi connectivity index (χ3v) is 5.62. The quantitative estimate of drug-likeness (QED) is 0.884. The predicted molar refractivity (Wildman–Crippen MR) is 95.8 cm³/mol. The highest BCUT2D eigenvalue weighted by molar-refractivity contribution is 7.99. The van der Waals surface area contributed by atoms with Crippen molar-refractivity contribution in [2.24, 2.45) is 7.05 Å². The number of fused-ring (bicyclic) bond motifs is 1. The van der Waals surface area contributed by atoms with Crippen molar-refractivity contribution in [2.45, 2.75) is 31.3 Å². The van der Waals surface area contributed by atoms with Gasteiger partial charge in [-0.2, -0.15) is 11.8 Å². The van der Waals surface area contributed by atoms with Crippen LogP contribution in [0.3, 0.4) is 0 Å². The van der Waals surface area contributed by atoms with E-state index in [2.05, 4.69) is 28.2 Å². The monoisotopic (exact) mass is 332 g/mol. The lowest BCUT2D eigenvalue weighted by Crippen LogP contribution is -2.45. The molecular formula is C18H24N2O2S. The number of thioether (sulfide) groups is 1. The molecule has 0 aliphatic carbocycles. The van der Waals surface area contributed by atoms with Gasteiger partial charge in [0.15, 0.2) is 0 Å². The van der Waals surface area contributed by atoms with Gasteiger partial charge >= 0.3 is 0 Å². The van der Waals surface area contributed by atoms with Crippen LogP contribution in [0.2, 0.25) is 0 Å².